The molecule has 3 aromatic rings. The van der Waals surface area contributed by atoms with Gasteiger partial charge in [-0.2, -0.15) is 0 Å². The highest BCUT2D eigenvalue weighted by molar-refractivity contribution is 7.13. The number of anilines is 1. The fourth-order valence-electron chi connectivity index (χ4n) is 1.72. The summed E-state index contributed by atoms with van der Waals surface area (Å²) in [7, 11) is 1.56. The van der Waals surface area contributed by atoms with Gasteiger partial charge in [-0.1, -0.05) is 12.1 Å². The first-order valence-corrected chi connectivity index (χ1v) is 6.84. The molecule has 0 aliphatic carbocycles. The van der Waals surface area contributed by atoms with Crippen molar-refractivity contribution in [3.8, 4) is 27.8 Å². The molecule has 0 spiro atoms. The summed E-state index contributed by atoms with van der Waals surface area (Å²) >= 11 is 1.53. The fourth-order valence-corrected chi connectivity index (χ4v) is 2.51. The van der Waals surface area contributed by atoms with E-state index in [4.69, 9.17) is 10.5 Å². The van der Waals surface area contributed by atoms with Gasteiger partial charge in [0.2, 0.25) is 5.88 Å². The highest BCUT2D eigenvalue weighted by Crippen LogP contribution is 2.28. The van der Waals surface area contributed by atoms with E-state index in [0.717, 1.165) is 27.6 Å². The van der Waals surface area contributed by atoms with Gasteiger partial charge in [-0.15, -0.1) is 21.5 Å². The van der Waals surface area contributed by atoms with E-state index in [1.807, 2.05) is 35.7 Å². The van der Waals surface area contributed by atoms with E-state index in [2.05, 4.69) is 15.2 Å². The molecule has 0 aliphatic heterocycles. The molecule has 100 valence electrons. The molecule has 6 heteroatoms. The standard InChI is InChI=1S/C14H12N4OS/c1-19-13-7-6-11(17-18-13)14-16-12(8-20-14)9-2-4-10(15)5-3-9/h2-8H,15H2,1H3. The molecule has 2 heterocycles. The van der Waals surface area contributed by atoms with Gasteiger partial charge in [-0.25, -0.2) is 4.98 Å². The van der Waals surface area contributed by atoms with E-state index in [1.165, 1.54) is 11.3 Å². The van der Waals surface area contributed by atoms with Crippen LogP contribution in [-0.2, 0) is 0 Å². The quantitative estimate of drug-likeness (QED) is 0.749. The molecule has 0 unspecified atom stereocenters. The molecule has 1 aromatic carbocycles. The maximum Gasteiger partial charge on any atom is 0.233 e. The molecule has 2 aromatic heterocycles. The van der Waals surface area contributed by atoms with Crippen LogP contribution in [0.3, 0.4) is 0 Å². The normalized spacial score (nSPS) is 10.4. The summed E-state index contributed by atoms with van der Waals surface area (Å²) in [6.45, 7) is 0. The highest BCUT2D eigenvalue weighted by atomic mass is 32.1. The molecule has 0 atom stereocenters. The molecule has 0 saturated heterocycles. The van der Waals surface area contributed by atoms with Crippen molar-refractivity contribution in [3.63, 3.8) is 0 Å². The molecular weight excluding hydrogens is 272 g/mol. The maximum atomic E-state index is 5.68. The minimum Gasteiger partial charge on any atom is -0.480 e. The average molecular weight is 284 g/mol. The van der Waals surface area contributed by atoms with Gasteiger partial charge >= 0.3 is 0 Å². The number of aromatic nitrogens is 3. The number of benzene rings is 1. The lowest BCUT2D eigenvalue weighted by molar-refractivity contribution is 0.392. The Labute approximate surface area is 120 Å². The Bertz CT molecular complexity index is 707. The number of nitrogens with two attached hydrogens (primary N) is 1. The number of nitrogen functional groups attached to an aromatic ring is 1. The summed E-state index contributed by atoms with van der Waals surface area (Å²) in [4.78, 5) is 4.57. The van der Waals surface area contributed by atoms with Gasteiger partial charge in [0.15, 0.2) is 0 Å². The van der Waals surface area contributed by atoms with E-state index in [-0.39, 0.29) is 0 Å². The molecule has 3 rings (SSSR count). The van der Waals surface area contributed by atoms with Crippen molar-refractivity contribution in [1.29, 1.82) is 0 Å². The predicted octanol–water partition coefficient (Wildman–Crippen LogP) is 2.86. The van der Waals surface area contributed by atoms with E-state index < -0.39 is 0 Å². The monoisotopic (exact) mass is 284 g/mol. The largest absolute Gasteiger partial charge is 0.480 e. The van der Waals surface area contributed by atoms with Crippen molar-refractivity contribution in [3.05, 3.63) is 41.8 Å². The lowest BCUT2D eigenvalue weighted by Crippen LogP contribution is -1.91. The lowest BCUT2D eigenvalue weighted by Gasteiger charge is -1.98. The van der Waals surface area contributed by atoms with Crippen LogP contribution in [0.4, 0.5) is 5.69 Å². The van der Waals surface area contributed by atoms with E-state index in [1.54, 1.807) is 13.2 Å². The third-order valence-corrected chi connectivity index (χ3v) is 3.64. The number of ether oxygens (including phenoxy) is 1. The fraction of sp³-hybridized carbons (Fsp3) is 0.0714. The number of methoxy groups -OCH3 is 1. The number of thiazole rings is 1. The second-order valence-electron chi connectivity index (χ2n) is 4.12. The van der Waals surface area contributed by atoms with Crippen molar-refractivity contribution in [2.45, 2.75) is 0 Å². The van der Waals surface area contributed by atoms with Gasteiger partial charge in [-0.05, 0) is 18.2 Å². The van der Waals surface area contributed by atoms with Crippen molar-refractivity contribution in [2.75, 3.05) is 12.8 Å². The zero-order valence-corrected chi connectivity index (χ0v) is 11.6. The van der Waals surface area contributed by atoms with E-state index in [9.17, 15) is 0 Å². The molecule has 0 saturated carbocycles. The number of nitrogens with zero attached hydrogens (tertiary/aromatic N) is 3. The lowest BCUT2D eigenvalue weighted by atomic mass is 10.1. The first-order valence-electron chi connectivity index (χ1n) is 5.96. The highest BCUT2D eigenvalue weighted by Gasteiger charge is 2.08. The molecular formula is C14H12N4OS. The Morgan fingerprint density at radius 2 is 1.80 bits per heavy atom. The van der Waals surface area contributed by atoms with Crippen LogP contribution in [0.15, 0.2) is 41.8 Å². The van der Waals surface area contributed by atoms with E-state index >= 15 is 0 Å². The molecule has 0 fully saturated rings. The maximum absolute atomic E-state index is 5.68. The third-order valence-electron chi connectivity index (χ3n) is 2.78. The molecule has 0 bridgehead atoms. The summed E-state index contributed by atoms with van der Waals surface area (Å²) in [5.41, 5.74) is 9.09. The van der Waals surface area contributed by atoms with Gasteiger partial charge in [0.25, 0.3) is 0 Å². The topological polar surface area (TPSA) is 73.9 Å². The Balaban J connectivity index is 1.91. The first kappa shape index (κ1) is 12.6. The SMILES string of the molecule is COc1ccc(-c2nc(-c3ccc(N)cc3)cs2)nn1. The van der Waals surface area contributed by atoms with Crippen molar-refractivity contribution in [2.24, 2.45) is 0 Å². The minimum atomic E-state index is 0.490. The van der Waals surface area contributed by atoms with Crippen LogP contribution in [-0.4, -0.2) is 22.3 Å². The van der Waals surface area contributed by atoms with Gasteiger partial charge in [0, 0.05) is 22.7 Å². The molecule has 2 N–H and O–H groups in total. The van der Waals surface area contributed by atoms with Crippen LogP contribution in [0.2, 0.25) is 0 Å². The third kappa shape index (κ3) is 2.46. The van der Waals surface area contributed by atoms with Gasteiger partial charge < -0.3 is 10.5 Å². The van der Waals surface area contributed by atoms with Gasteiger partial charge in [0.05, 0.1) is 12.8 Å². The van der Waals surface area contributed by atoms with E-state index in [0.29, 0.717) is 5.88 Å². The number of hydrogen-bond donors (Lipinski definition) is 1. The van der Waals surface area contributed by atoms with Crippen molar-refractivity contribution in [1.82, 2.24) is 15.2 Å². The predicted molar refractivity (Wildman–Crippen MR) is 79.5 cm³/mol. The van der Waals surface area contributed by atoms with Crippen LogP contribution in [0.25, 0.3) is 22.0 Å². The molecule has 20 heavy (non-hydrogen) atoms. The van der Waals surface area contributed by atoms with Gasteiger partial charge in [0.1, 0.15) is 10.7 Å². The second kappa shape index (κ2) is 5.26. The first-order chi connectivity index (χ1) is 9.76. The number of rotatable bonds is 3. The zero-order valence-electron chi connectivity index (χ0n) is 10.8. The van der Waals surface area contributed by atoms with Gasteiger partial charge in [-0.3, -0.25) is 0 Å². The van der Waals surface area contributed by atoms with Crippen LogP contribution < -0.4 is 10.5 Å². The molecule has 0 radical (unpaired) electrons. The minimum absolute atomic E-state index is 0.490. The Kier molecular flexibility index (Phi) is 3.30. The van der Waals surface area contributed by atoms with Crippen LogP contribution in [0.5, 0.6) is 5.88 Å². The molecule has 0 aliphatic rings. The second-order valence-corrected chi connectivity index (χ2v) is 4.98. The van der Waals surface area contributed by atoms with Crippen molar-refractivity contribution < 1.29 is 4.74 Å². The van der Waals surface area contributed by atoms with Crippen LogP contribution in [0, 0.1) is 0 Å². The van der Waals surface area contributed by atoms with Crippen LogP contribution in [0.1, 0.15) is 0 Å². The molecule has 0 amide bonds. The summed E-state index contributed by atoms with van der Waals surface area (Å²) in [6.07, 6.45) is 0. The summed E-state index contributed by atoms with van der Waals surface area (Å²) in [5.74, 6) is 0.490. The molecule has 5 nitrogen and oxygen atoms in total. The Morgan fingerprint density at radius 3 is 2.45 bits per heavy atom. The summed E-state index contributed by atoms with van der Waals surface area (Å²) in [6, 6.07) is 11.2. The Hall–Kier alpha value is -2.47. The van der Waals surface area contributed by atoms with Crippen LogP contribution >= 0.6 is 11.3 Å². The smallest absolute Gasteiger partial charge is 0.233 e. The zero-order chi connectivity index (χ0) is 13.9. The van der Waals surface area contributed by atoms with Crippen molar-refractivity contribution >= 4 is 17.0 Å². The Morgan fingerprint density at radius 1 is 1.00 bits per heavy atom. The number of hydrogen-bond acceptors (Lipinski definition) is 6. The average Bonchev–Trinajstić information content (AvgIpc) is 2.98. The summed E-state index contributed by atoms with van der Waals surface area (Å²) < 4.78 is 4.99. The summed E-state index contributed by atoms with van der Waals surface area (Å²) in [5, 5.41) is 10.9.